The van der Waals surface area contributed by atoms with E-state index < -0.39 is 41.4 Å². The van der Waals surface area contributed by atoms with Crippen LogP contribution < -0.4 is 0 Å². The number of aliphatic hydroxyl groups is 1. The van der Waals surface area contributed by atoms with Crippen molar-refractivity contribution in [1.82, 2.24) is 9.80 Å². The molecule has 1 saturated heterocycles. The highest BCUT2D eigenvalue weighted by Gasteiger charge is 2.27. The molecular weight excluding hydrogens is 289 g/mol. The quantitative estimate of drug-likeness (QED) is 0.804. The monoisotopic (exact) mass is 302 g/mol. The van der Waals surface area contributed by atoms with Crippen LogP contribution >= 0.6 is 0 Å². The second-order valence-electron chi connectivity index (χ2n) is 4.55. The van der Waals surface area contributed by atoms with Crippen molar-refractivity contribution in [1.29, 1.82) is 0 Å². The van der Waals surface area contributed by atoms with E-state index in [1.165, 1.54) is 9.80 Å². The molecule has 1 aliphatic rings. The summed E-state index contributed by atoms with van der Waals surface area (Å²) in [6.07, 6.45) is 0. The third-order valence-electron chi connectivity index (χ3n) is 3.32. The minimum absolute atomic E-state index is 0.128. The van der Waals surface area contributed by atoms with Crippen molar-refractivity contribution in [2.45, 2.75) is 0 Å². The third kappa shape index (κ3) is 2.99. The maximum Gasteiger partial charge on any atom is 0.257 e. The summed E-state index contributed by atoms with van der Waals surface area (Å²) in [5.74, 6) is -5.78. The maximum absolute atomic E-state index is 13.6. The van der Waals surface area contributed by atoms with E-state index in [0.717, 1.165) is 6.07 Å². The maximum atomic E-state index is 13.6. The van der Waals surface area contributed by atoms with Gasteiger partial charge in [-0.15, -0.1) is 0 Å². The Balaban J connectivity index is 2.09. The molecule has 0 saturated carbocycles. The van der Waals surface area contributed by atoms with Crippen LogP contribution in [0.3, 0.4) is 0 Å². The van der Waals surface area contributed by atoms with Crippen molar-refractivity contribution in [2.75, 3.05) is 32.8 Å². The van der Waals surface area contributed by atoms with Crippen LogP contribution in [-0.2, 0) is 4.79 Å². The fraction of sp³-hybridized carbons (Fsp3) is 0.385. The van der Waals surface area contributed by atoms with Crippen molar-refractivity contribution in [3.8, 4) is 0 Å². The van der Waals surface area contributed by atoms with E-state index >= 15 is 0 Å². The number of hydrogen-bond acceptors (Lipinski definition) is 3. The van der Waals surface area contributed by atoms with Gasteiger partial charge < -0.3 is 14.9 Å². The standard InChI is InChI=1S/C13H13F3N2O3/c14-9-2-1-8(11(15)12(9)16)13(21)18-5-3-17(4-6-18)10(20)7-19/h1-2,19H,3-7H2. The van der Waals surface area contributed by atoms with Crippen molar-refractivity contribution in [3.63, 3.8) is 0 Å². The van der Waals surface area contributed by atoms with Crippen molar-refractivity contribution in [3.05, 3.63) is 35.1 Å². The minimum Gasteiger partial charge on any atom is -0.387 e. The molecule has 0 radical (unpaired) electrons. The van der Waals surface area contributed by atoms with Crippen LogP contribution in [0.1, 0.15) is 10.4 Å². The first-order chi connectivity index (χ1) is 9.95. The summed E-state index contributed by atoms with van der Waals surface area (Å²) >= 11 is 0. The van der Waals surface area contributed by atoms with Gasteiger partial charge in [0.05, 0.1) is 5.56 Å². The first kappa shape index (κ1) is 15.3. The molecule has 8 heteroatoms. The predicted molar refractivity (Wildman–Crippen MR) is 65.9 cm³/mol. The van der Waals surface area contributed by atoms with Crippen LogP contribution in [0, 0.1) is 17.5 Å². The summed E-state index contributed by atoms with van der Waals surface area (Å²) in [5, 5.41) is 8.73. The number of aliphatic hydroxyl groups excluding tert-OH is 1. The van der Waals surface area contributed by atoms with Gasteiger partial charge in [0.25, 0.3) is 5.91 Å². The smallest absolute Gasteiger partial charge is 0.257 e. The number of amides is 2. The van der Waals surface area contributed by atoms with Gasteiger partial charge in [-0.05, 0) is 12.1 Å². The van der Waals surface area contributed by atoms with Gasteiger partial charge >= 0.3 is 0 Å². The van der Waals surface area contributed by atoms with Crippen LogP contribution in [0.2, 0.25) is 0 Å². The molecule has 2 rings (SSSR count). The van der Waals surface area contributed by atoms with Crippen LogP contribution in [0.5, 0.6) is 0 Å². The molecule has 1 aliphatic heterocycles. The Hall–Kier alpha value is -2.09. The minimum atomic E-state index is -1.69. The van der Waals surface area contributed by atoms with Crippen molar-refractivity contribution < 1.29 is 27.9 Å². The fourth-order valence-electron chi connectivity index (χ4n) is 2.12. The Morgan fingerprint density at radius 2 is 1.57 bits per heavy atom. The molecule has 1 aromatic rings. The molecule has 0 spiro atoms. The Labute approximate surface area is 118 Å². The molecule has 0 aliphatic carbocycles. The topological polar surface area (TPSA) is 60.9 Å². The number of halogens is 3. The molecule has 0 atom stereocenters. The van der Waals surface area contributed by atoms with Gasteiger partial charge in [0.15, 0.2) is 17.5 Å². The van der Waals surface area contributed by atoms with Crippen LogP contribution in [-0.4, -0.2) is 59.5 Å². The van der Waals surface area contributed by atoms with Crippen LogP contribution in [0.25, 0.3) is 0 Å². The number of benzene rings is 1. The highest BCUT2D eigenvalue weighted by atomic mass is 19.2. The van der Waals surface area contributed by atoms with E-state index in [1.54, 1.807) is 0 Å². The molecule has 0 bridgehead atoms. The lowest BCUT2D eigenvalue weighted by Crippen LogP contribution is -2.51. The summed E-state index contributed by atoms with van der Waals surface area (Å²) in [5.41, 5.74) is -0.546. The number of nitrogens with zero attached hydrogens (tertiary/aromatic N) is 2. The zero-order valence-corrected chi connectivity index (χ0v) is 11.0. The summed E-state index contributed by atoms with van der Waals surface area (Å²) in [7, 11) is 0. The Bertz CT molecular complexity index is 572. The first-order valence-corrected chi connectivity index (χ1v) is 6.27. The van der Waals surface area contributed by atoms with Gasteiger partial charge in [0.1, 0.15) is 6.61 Å². The van der Waals surface area contributed by atoms with E-state index in [-0.39, 0.29) is 26.2 Å². The summed E-state index contributed by atoms with van der Waals surface area (Å²) in [4.78, 5) is 26.0. The molecule has 1 N–H and O–H groups in total. The molecule has 0 aromatic heterocycles. The first-order valence-electron chi connectivity index (χ1n) is 6.27. The zero-order valence-electron chi connectivity index (χ0n) is 11.0. The second kappa shape index (κ2) is 6.13. The van der Waals surface area contributed by atoms with E-state index in [2.05, 4.69) is 0 Å². The molecule has 1 fully saturated rings. The summed E-state index contributed by atoms with van der Waals surface area (Å²) < 4.78 is 39.5. The lowest BCUT2D eigenvalue weighted by Gasteiger charge is -2.34. The number of carbonyl (C=O) groups is 2. The fourth-order valence-corrected chi connectivity index (χ4v) is 2.12. The summed E-state index contributed by atoms with van der Waals surface area (Å²) in [6, 6.07) is 1.58. The molecule has 1 aromatic carbocycles. The molecule has 1 heterocycles. The lowest BCUT2D eigenvalue weighted by molar-refractivity contribution is -0.135. The van der Waals surface area contributed by atoms with Crippen molar-refractivity contribution in [2.24, 2.45) is 0 Å². The highest BCUT2D eigenvalue weighted by molar-refractivity contribution is 5.94. The van der Waals surface area contributed by atoms with Gasteiger partial charge in [-0.3, -0.25) is 9.59 Å². The average molecular weight is 302 g/mol. The van der Waals surface area contributed by atoms with E-state index in [0.29, 0.717) is 6.07 Å². The van der Waals surface area contributed by atoms with E-state index in [4.69, 9.17) is 5.11 Å². The number of rotatable bonds is 2. The van der Waals surface area contributed by atoms with Gasteiger partial charge in [-0.1, -0.05) is 0 Å². The molecular formula is C13H13F3N2O3. The Kier molecular flexibility index (Phi) is 4.46. The zero-order chi connectivity index (χ0) is 15.6. The molecule has 2 amide bonds. The van der Waals surface area contributed by atoms with E-state index in [1.807, 2.05) is 0 Å². The van der Waals surface area contributed by atoms with Gasteiger partial charge in [0, 0.05) is 26.2 Å². The highest BCUT2D eigenvalue weighted by Crippen LogP contribution is 2.17. The molecule has 5 nitrogen and oxygen atoms in total. The van der Waals surface area contributed by atoms with Gasteiger partial charge in [-0.2, -0.15) is 0 Å². The lowest BCUT2D eigenvalue weighted by atomic mass is 10.1. The molecule has 21 heavy (non-hydrogen) atoms. The van der Waals surface area contributed by atoms with Crippen LogP contribution in [0.4, 0.5) is 13.2 Å². The average Bonchev–Trinajstić information content (AvgIpc) is 2.51. The number of carbonyl (C=O) groups excluding carboxylic acids is 2. The third-order valence-corrected chi connectivity index (χ3v) is 3.32. The largest absolute Gasteiger partial charge is 0.387 e. The predicted octanol–water partition coefficient (Wildman–Crippen LogP) is 0.381. The number of hydrogen-bond donors (Lipinski definition) is 1. The molecule has 114 valence electrons. The SMILES string of the molecule is O=C(CO)N1CCN(C(=O)c2ccc(F)c(F)c2F)CC1. The normalized spacial score (nSPS) is 15.2. The van der Waals surface area contributed by atoms with Gasteiger partial charge in [0.2, 0.25) is 5.91 Å². The van der Waals surface area contributed by atoms with Gasteiger partial charge in [-0.25, -0.2) is 13.2 Å². The van der Waals surface area contributed by atoms with Crippen molar-refractivity contribution >= 4 is 11.8 Å². The second-order valence-corrected chi connectivity index (χ2v) is 4.55. The van der Waals surface area contributed by atoms with Crippen LogP contribution in [0.15, 0.2) is 12.1 Å². The molecule has 0 unspecified atom stereocenters. The summed E-state index contributed by atoms with van der Waals surface area (Å²) in [6.45, 7) is 0.0185. The number of piperazine rings is 1. The van der Waals surface area contributed by atoms with E-state index in [9.17, 15) is 22.8 Å². The Morgan fingerprint density at radius 3 is 2.14 bits per heavy atom. The Morgan fingerprint density at radius 1 is 1.00 bits per heavy atom.